The third kappa shape index (κ3) is 27.3. The second-order valence-corrected chi connectivity index (χ2v) is 36.7. The van der Waals surface area contributed by atoms with Gasteiger partial charge in [-0.2, -0.15) is 5.10 Å². The Hall–Kier alpha value is -18.2. The van der Waals surface area contributed by atoms with Crippen molar-refractivity contribution in [2.45, 2.75) is 106 Å². The van der Waals surface area contributed by atoms with E-state index in [1.807, 2.05) is 300 Å². The molecule has 150 heavy (non-hydrogen) atoms. The van der Waals surface area contributed by atoms with Gasteiger partial charge in [0.25, 0.3) is 0 Å². The van der Waals surface area contributed by atoms with Crippen LogP contribution >= 0.6 is 15.9 Å². The van der Waals surface area contributed by atoms with Crippen LogP contribution in [0.2, 0.25) is 0 Å². The van der Waals surface area contributed by atoms with E-state index in [2.05, 4.69) is 67.3 Å². The molecule has 9 heterocycles. The number of aliphatic hydroxyl groups excluding tert-OH is 2. The topological polar surface area (TPSA) is 404 Å². The number of anilines is 5. The van der Waals surface area contributed by atoms with E-state index in [0.717, 1.165) is 129 Å². The van der Waals surface area contributed by atoms with Crippen molar-refractivity contribution in [1.29, 1.82) is 0 Å². The molecule has 2 atom stereocenters. The first kappa shape index (κ1) is 106. The summed E-state index contributed by atoms with van der Waals surface area (Å²) in [5.41, 5.74) is 38.9. The Bertz CT molecular complexity index is 7820. The molecule has 1 aliphatic carbocycles. The van der Waals surface area contributed by atoms with Crippen LogP contribution in [-0.4, -0.2) is 104 Å². The minimum atomic E-state index is -1.02. The second-order valence-electron chi connectivity index (χ2n) is 35.9. The van der Waals surface area contributed by atoms with E-state index in [1.54, 1.807) is 91.6 Å². The molecule has 0 saturated carbocycles. The zero-order valence-electron chi connectivity index (χ0n) is 83.8. The Morgan fingerprint density at radius 1 is 0.427 bits per heavy atom. The molecular formula is C119H107BrF2N16O12. The molecule has 1 aliphatic rings. The van der Waals surface area contributed by atoms with E-state index in [0.29, 0.717) is 101 Å². The first-order chi connectivity index (χ1) is 72.3. The number of aromatic amines is 1. The highest BCUT2D eigenvalue weighted by Gasteiger charge is 2.41. The van der Waals surface area contributed by atoms with E-state index in [9.17, 15) is 37.9 Å². The Morgan fingerprint density at radius 2 is 0.827 bits per heavy atom. The van der Waals surface area contributed by atoms with E-state index in [1.165, 1.54) is 7.11 Å². The summed E-state index contributed by atoms with van der Waals surface area (Å²) in [5.74, 6) is -1.12. The number of benzene rings is 9. The summed E-state index contributed by atoms with van der Waals surface area (Å²) in [4.78, 5) is 98.5. The first-order valence-corrected chi connectivity index (χ1v) is 48.4. The molecule has 28 nitrogen and oxygen atoms in total. The number of nitrogens with one attached hydrogen (secondary N) is 5. The number of pyridine rings is 8. The number of ether oxygens (including phenoxy) is 5. The lowest BCUT2D eigenvalue weighted by atomic mass is 9.69. The number of nitrogens with zero attached hydrogens (tertiary/aromatic N) is 9. The summed E-state index contributed by atoms with van der Waals surface area (Å²) in [5, 5.41) is 37.9. The predicted octanol–water partition coefficient (Wildman–Crippen LogP) is 26.1. The number of aliphatic hydroxyl groups is 2. The molecule has 9 aromatic heterocycles. The fraction of sp³-hybridized carbons (Fsp3) is 0.143. The van der Waals surface area contributed by atoms with Crippen molar-refractivity contribution in [3.8, 4) is 119 Å². The van der Waals surface area contributed by atoms with Gasteiger partial charge < -0.3 is 56.0 Å². The van der Waals surface area contributed by atoms with Crippen molar-refractivity contribution in [1.82, 2.24) is 55.4 Å². The van der Waals surface area contributed by atoms with Gasteiger partial charge in [-0.3, -0.25) is 25.7 Å². The molecule has 4 amide bonds. The average molecular weight is 2070 g/mol. The number of carbonyl (C=O) groups excluding carboxylic acids is 5. The van der Waals surface area contributed by atoms with Crippen molar-refractivity contribution in [2.75, 3.05) is 34.5 Å². The van der Waals surface area contributed by atoms with Gasteiger partial charge in [0, 0.05) is 74.9 Å². The fourth-order valence-electron chi connectivity index (χ4n) is 16.5. The van der Waals surface area contributed by atoms with E-state index >= 15 is 0 Å². The highest BCUT2D eigenvalue weighted by molar-refractivity contribution is 9.10. The lowest BCUT2D eigenvalue weighted by Crippen LogP contribution is -2.45. The van der Waals surface area contributed by atoms with E-state index in [-0.39, 0.29) is 25.3 Å². The number of esters is 1. The molecule has 0 radical (unpaired) electrons. The molecule has 9 aromatic carbocycles. The molecule has 0 bridgehead atoms. The molecular weight excluding hydrogens is 1960 g/mol. The van der Waals surface area contributed by atoms with E-state index in [4.69, 9.17) is 60.2 Å². The minimum absolute atomic E-state index is 0.0431. The van der Waals surface area contributed by atoms with E-state index < -0.39 is 59.5 Å². The zero-order chi connectivity index (χ0) is 106. The number of aromatic nitrogens is 10. The fourth-order valence-corrected chi connectivity index (χ4v) is 16.8. The number of methoxy groups -OCH3 is 1. The number of rotatable bonds is 20. The molecule has 756 valence electrons. The molecule has 0 saturated heterocycles. The summed E-state index contributed by atoms with van der Waals surface area (Å²) in [6.45, 7) is 19.1. The third-order valence-electron chi connectivity index (χ3n) is 24.1. The molecule has 0 unspecified atom stereocenters. The van der Waals surface area contributed by atoms with Crippen molar-refractivity contribution < 1.29 is 66.7 Å². The maximum absolute atomic E-state index is 14.1. The van der Waals surface area contributed by atoms with Crippen molar-refractivity contribution in [3.63, 3.8) is 0 Å². The summed E-state index contributed by atoms with van der Waals surface area (Å²) in [6, 6.07) is 90.9. The lowest BCUT2D eigenvalue weighted by Gasteiger charge is -2.40. The second kappa shape index (κ2) is 49.1. The van der Waals surface area contributed by atoms with Crippen molar-refractivity contribution in [2.24, 2.45) is 0 Å². The van der Waals surface area contributed by atoms with Crippen LogP contribution in [0, 0.1) is 67.0 Å². The molecule has 18 aromatic rings. The Morgan fingerprint density at radius 3 is 1.26 bits per heavy atom. The monoisotopic (exact) mass is 2070 g/mol. The molecule has 0 spiro atoms. The van der Waals surface area contributed by atoms with Crippen LogP contribution in [0.4, 0.5) is 56.4 Å². The van der Waals surface area contributed by atoms with Crippen LogP contribution in [0.25, 0.3) is 101 Å². The normalized spacial score (nSPS) is 12.4. The number of amides is 4. The standard InChI is InChI=1S/C34H29N3O5.C25H24BrF2N3O2.C23H20N4O2.C19H17N3O2.C18H17N3O/c1-22-9-15-28(16-10-22)41-33(38)36-30-19-24(3)31(37-32(30)25-7-5-4-6-8-25)26-13-14-27(35-20-26)21-40-34(39)42-29-17-11-23(2)12-18-29;1-13-9-19(21(30-23(13)26)14-7-5-4-6-8-14)29-24(33)31-22-15-10-17(27)18(28)11-16(15)25(2,3)12-20(22)32;1-15-8-10-19(11-9-15)29-23(28)26-20-12-16(2)21(18-13-24-25-14-18)27-22(20)17-6-4-3-5-7-17;1-12-10-15(20)18(13-6-4-3-5-7-13)22-17(12)14-8-9-21-16(11-14)19(23)24-2;1-12-9-16(19)18(13-5-3-2-4-6-13)21-17(12)14-7-8-15(11-22)20-10-14/h4-20H,21H2,1-3H3,(H,36,38);4-11,20,22,32H,12H2,1-3H3,(H2,29,31,33);3-14H,1-2H3,(H,24,25)(H,26,28);3-11H,20H2,1-2H3;2-10,22H,11,19H2,1H3/t;20-,22-;;;/m.1.../s1. The van der Waals surface area contributed by atoms with Crippen LogP contribution in [0.15, 0.2) is 339 Å². The van der Waals surface area contributed by atoms with Crippen LogP contribution in [-0.2, 0) is 28.1 Å². The average Bonchev–Trinajstić information content (AvgIpc) is 0.816. The van der Waals surface area contributed by atoms with Gasteiger partial charge in [-0.15, -0.1) is 0 Å². The van der Waals surface area contributed by atoms with Gasteiger partial charge in [0.15, 0.2) is 11.6 Å². The maximum Gasteiger partial charge on any atom is 0.514 e. The van der Waals surface area contributed by atoms with Gasteiger partial charge in [-0.25, -0.2) is 62.7 Å². The summed E-state index contributed by atoms with van der Waals surface area (Å²) < 4.78 is 54.7. The molecule has 31 heteroatoms. The Kier molecular flexibility index (Phi) is 34.7. The number of nitrogen functional groups attached to an aromatic ring is 2. The smallest absolute Gasteiger partial charge is 0.464 e. The summed E-state index contributed by atoms with van der Waals surface area (Å²) >= 11 is 3.43. The number of urea groups is 1. The number of halogens is 3. The van der Waals surface area contributed by atoms with Crippen LogP contribution in [0.5, 0.6) is 17.2 Å². The number of H-pyrrole nitrogens is 1. The highest BCUT2D eigenvalue weighted by Crippen LogP contribution is 2.45. The minimum Gasteiger partial charge on any atom is -0.464 e. The zero-order valence-corrected chi connectivity index (χ0v) is 85.4. The Labute approximate surface area is 874 Å². The van der Waals surface area contributed by atoms with Gasteiger partial charge in [0.1, 0.15) is 34.2 Å². The Balaban J connectivity index is 0.000000143. The molecule has 0 fully saturated rings. The van der Waals surface area contributed by atoms with Crippen LogP contribution < -0.4 is 46.9 Å². The number of hydrogen-bond donors (Lipinski definition) is 9. The third-order valence-corrected chi connectivity index (χ3v) is 25.0. The number of carbonyl (C=O) groups is 5. The van der Waals surface area contributed by atoms with Crippen LogP contribution in [0.1, 0.15) is 104 Å². The van der Waals surface area contributed by atoms with Gasteiger partial charge in [-0.1, -0.05) is 219 Å². The van der Waals surface area contributed by atoms with Gasteiger partial charge in [0.05, 0.1) is 123 Å². The number of aryl methyl sites for hydroxylation is 8. The molecule has 0 aliphatic heterocycles. The highest BCUT2D eigenvalue weighted by atomic mass is 79.9. The van der Waals surface area contributed by atoms with Gasteiger partial charge in [0.2, 0.25) is 0 Å². The van der Waals surface area contributed by atoms with Crippen molar-refractivity contribution in [3.05, 3.63) is 423 Å². The SMILES string of the molecule is COC(=O)c1cc(-c2nc(-c3ccccc3)c(N)cc2C)ccn1.Cc1cc(N)c(-c2ccccc2)nc1-c1ccc(CO)nc1.Cc1cc(NC(=O)N[C@@H]2c3cc(F)c(F)cc3C(C)(C)C[C@H]2O)c(-c2ccccc2)nc1Br.Cc1ccc(OC(=O)Nc2cc(C)c(-c3ccc(COC(=O)Oc4ccc(C)cc4)nc3)nc2-c2ccccc2)cc1.Cc1ccc(OC(=O)Nc2cc(C)c(-c3cn[nH]c3)nc2-c2ccccc2)cc1. The van der Waals surface area contributed by atoms with Gasteiger partial charge in [-0.05, 0) is 237 Å². The number of fused-ring (bicyclic) bond motifs is 1. The number of hydrogen-bond acceptors (Lipinski definition) is 23. The van der Waals surface area contributed by atoms with Crippen LogP contribution in [0.3, 0.4) is 0 Å². The summed E-state index contributed by atoms with van der Waals surface area (Å²) in [7, 11) is 1.33. The lowest BCUT2D eigenvalue weighted by molar-refractivity contribution is 0.0593. The first-order valence-electron chi connectivity index (χ1n) is 47.6. The van der Waals surface area contributed by atoms with Gasteiger partial charge >= 0.3 is 30.3 Å². The number of nitrogens with two attached hydrogens (primary N) is 2. The largest absolute Gasteiger partial charge is 0.514 e. The quantitative estimate of drug-likeness (QED) is 0.0194. The molecule has 19 rings (SSSR count). The maximum atomic E-state index is 14.1. The summed E-state index contributed by atoms with van der Waals surface area (Å²) in [6.07, 6.45) is 5.82. The van der Waals surface area contributed by atoms with Crippen molar-refractivity contribution >= 4 is 74.7 Å². The predicted molar refractivity (Wildman–Crippen MR) is 582 cm³/mol. The molecule has 11 N–H and O–H groups in total.